The van der Waals surface area contributed by atoms with E-state index in [9.17, 15) is 4.79 Å². The van der Waals surface area contributed by atoms with Crippen LogP contribution in [0.4, 0.5) is 5.69 Å². The van der Waals surface area contributed by atoms with Gasteiger partial charge in [0.15, 0.2) is 5.11 Å². The van der Waals surface area contributed by atoms with Gasteiger partial charge in [0.1, 0.15) is 0 Å². The first-order chi connectivity index (χ1) is 10.5. The number of thiocarbonyl (C=S) groups is 1. The number of hydrogen-bond acceptors (Lipinski definition) is 2. The molecule has 0 unspecified atom stereocenters. The zero-order chi connectivity index (χ0) is 15.9. The molecule has 0 fully saturated rings. The second-order valence-corrected chi connectivity index (χ2v) is 6.66. The van der Waals surface area contributed by atoms with Gasteiger partial charge in [0, 0.05) is 20.7 Å². The standard InChI is InChI=1S/C16H14ClIN2OS/c17-14-4-2-1-3-11(14)5-10-15(21)20-16(22)19-13-8-6-12(18)7-9-13/h1-4,6-9H,5,10H2,(H2,19,20,21,22). The predicted molar refractivity (Wildman–Crippen MR) is 103 cm³/mol. The van der Waals surface area contributed by atoms with E-state index in [0.717, 1.165) is 14.8 Å². The molecule has 2 N–H and O–H groups in total. The largest absolute Gasteiger partial charge is 0.332 e. The van der Waals surface area contributed by atoms with Crippen molar-refractivity contribution in [2.24, 2.45) is 0 Å². The molecule has 0 radical (unpaired) electrons. The first-order valence-electron chi connectivity index (χ1n) is 6.64. The van der Waals surface area contributed by atoms with Gasteiger partial charge < -0.3 is 10.6 Å². The van der Waals surface area contributed by atoms with Crippen LogP contribution in [0.5, 0.6) is 0 Å². The SMILES string of the molecule is O=C(CCc1ccccc1Cl)NC(=S)Nc1ccc(I)cc1. The molecule has 0 spiro atoms. The predicted octanol–water partition coefficient (Wildman–Crippen LogP) is 4.39. The van der Waals surface area contributed by atoms with Crippen molar-refractivity contribution < 1.29 is 4.79 Å². The smallest absolute Gasteiger partial charge is 0.226 e. The van der Waals surface area contributed by atoms with Crippen molar-refractivity contribution in [3.8, 4) is 0 Å². The summed E-state index contributed by atoms with van der Waals surface area (Å²) in [5, 5.41) is 6.62. The number of carbonyl (C=O) groups excluding carboxylic acids is 1. The Morgan fingerprint density at radius 3 is 2.50 bits per heavy atom. The summed E-state index contributed by atoms with van der Waals surface area (Å²) in [7, 11) is 0. The lowest BCUT2D eigenvalue weighted by atomic mass is 10.1. The molecule has 2 rings (SSSR count). The zero-order valence-corrected chi connectivity index (χ0v) is 15.3. The minimum atomic E-state index is -0.136. The van der Waals surface area contributed by atoms with Gasteiger partial charge >= 0.3 is 0 Å². The number of hydrogen-bond donors (Lipinski definition) is 2. The van der Waals surface area contributed by atoms with Crippen LogP contribution in [0.2, 0.25) is 5.02 Å². The average molecular weight is 445 g/mol. The molecule has 2 aromatic carbocycles. The molecule has 0 aliphatic carbocycles. The maximum absolute atomic E-state index is 11.9. The monoisotopic (exact) mass is 444 g/mol. The molecule has 2 aromatic rings. The van der Waals surface area contributed by atoms with E-state index in [-0.39, 0.29) is 5.91 Å². The molecular formula is C16H14ClIN2OS. The number of rotatable bonds is 4. The third-order valence-corrected chi connectivity index (χ3v) is 4.23. The minimum Gasteiger partial charge on any atom is -0.332 e. The highest BCUT2D eigenvalue weighted by molar-refractivity contribution is 14.1. The first kappa shape index (κ1) is 17.2. The molecule has 0 aliphatic rings. The van der Waals surface area contributed by atoms with Crippen LogP contribution < -0.4 is 10.6 Å². The van der Waals surface area contributed by atoms with Crippen molar-refractivity contribution in [3.63, 3.8) is 0 Å². The number of halogens is 2. The molecule has 0 atom stereocenters. The van der Waals surface area contributed by atoms with E-state index < -0.39 is 0 Å². The van der Waals surface area contributed by atoms with Crippen LogP contribution in [0.25, 0.3) is 0 Å². The van der Waals surface area contributed by atoms with Crippen LogP contribution in [0, 0.1) is 3.57 Å². The van der Waals surface area contributed by atoms with Crippen LogP contribution in [0.15, 0.2) is 48.5 Å². The summed E-state index contributed by atoms with van der Waals surface area (Å²) in [5.74, 6) is -0.136. The number of benzene rings is 2. The van der Waals surface area contributed by atoms with Gasteiger partial charge in [-0.1, -0.05) is 29.8 Å². The van der Waals surface area contributed by atoms with E-state index in [0.29, 0.717) is 23.0 Å². The molecule has 0 saturated carbocycles. The van der Waals surface area contributed by atoms with Crippen molar-refractivity contribution in [2.75, 3.05) is 5.32 Å². The third-order valence-electron chi connectivity index (χ3n) is 2.93. The Labute approximate surface area is 153 Å². The molecule has 22 heavy (non-hydrogen) atoms. The molecule has 1 amide bonds. The van der Waals surface area contributed by atoms with Gasteiger partial charge in [-0.3, -0.25) is 4.79 Å². The Kier molecular flexibility index (Phi) is 6.60. The summed E-state index contributed by atoms with van der Waals surface area (Å²) in [6.45, 7) is 0. The summed E-state index contributed by atoms with van der Waals surface area (Å²) >= 11 is 13.4. The van der Waals surface area contributed by atoms with Gasteiger partial charge in [-0.05, 0) is 77.1 Å². The number of anilines is 1. The summed E-state index contributed by atoms with van der Waals surface area (Å²) in [5.41, 5.74) is 1.80. The highest BCUT2D eigenvalue weighted by Gasteiger charge is 2.07. The Bertz CT molecular complexity index is 676. The Hall–Kier alpha value is -1.18. The van der Waals surface area contributed by atoms with E-state index in [1.54, 1.807) is 0 Å². The van der Waals surface area contributed by atoms with Gasteiger partial charge in [-0.15, -0.1) is 0 Å². The van der Waals surface area contributed by atoms with Crippen LogP contribution in [0.1, 0.15) is 12.0 Å². The second kappa shape index (κ2) is 8.45. The Balaban J connectivity index is 1.80. The van der Waals surface area contributed by atoms with Gasteiger partial charge in [-0.25, -0.2) is 0 Å². The highest BCUT2D eigenvalue weighted by Crippen LogP contribution is 2.16. The first-order valence-corrected chi connectivity index (χ1v) is 8.51. The summed E-state index contributed by atoms with van der Waals surface area (Å²) in [4.78, 5) is 11.9. The molecule has 6 heteroatoms. The average Bonchev–Trinajstić information content (AvgIpc) is 2.49. The molecule has 0 heterocycles. The quantitative estimate of drug-likeness (QED) is 0.543. The fraction of sp³-hybridized carbons (Fsp3) is 0.125. The van der Waals surface area contributed by atoms with Crippen LogP contribution in [0.3, 0.4) is 0 Å². The summed E-state index contributed by atoms with van der Waals surface area (Å²) in [6, 6.07) is 15.2. The lowest BCUT2D eigenvalue weighted by molar-refractivity contribution is -0.119. The van der Waals surface area contributed by atoms with Crippen LogP contribution in [-0.2, 0) is 11.2 Å². The van der Waals surface area contributed by atoms with Crippen LogP contribution in [-0.4, -0.2) is 11.0 Å². The van der Waals surface area contributed by atoms with Gasteiger partial charge in [0.2, 0.25) is 5.91 Å². The fourth-order valence-corrected chi connectivity index (χ4v) is 2.66. The van der Waals surface area contributed by atoms with Gasteiger partial charge in [-0.2, -0.15) is 0 Å². The van der Waals surface area contributed by atoms with Crippen molar-refractivity contribution in [1.29, 1.82) is 0 Å². The fourth-order valence-electron chi connectivity index (χ4n) is 1.83. The van der Waals surface area contributed by atoms with Gasteiger partial charge in [0.05, 0.1) is 0 Å². The maximum Gasteiger partial charge on any atom is 0.226 e. The number of aryl methyl sites for hydroxylation is 1. The minimum absolute atomic E-state index is 0.136. The molecule has 114 valence electrons. The summed E-state index contributed by atoms with van der Waals surface area (Å²) < 4.78 is 1.14. The van der Waals surface area contributed by atoms with E-state index >= 15 is 0 Å². The van der Waals surface area contributed by atoms with Crippen molar-refractivity contribution in [2.45, 2.75) is 12.8 Å². The molecule has 3 nitrogen and oxygen atoms in total. The highest BCUT2D eigenvalue weighted by atomic mass is 127. The lowest BCUT2D eigenvalue weighted by Gasteiger charge is -2.10. The third kappa shape index (κ3) is 5.55. The number of carbonyl (C=O) groups is 1. The van der Waals surface area contributed by atoms with E-state index in [1.165, 1.54) is 0 Å². The topological polar surface area (TPSA) is 41.1 Å². The maximum atomic E-state index is 11.9. The molecule has 0 aromatic heterocycles. The Morgan fingerprint density at radius 1 is 1.14 bits per heavy atom. The Morgan fingerprint density at radius 2 is 1.82 bits per heavy atom. The zero-order valence-electron chi connectivity index (χ0n) is 11.6. The molecule has 0 bridgehead atoms. The second-order valence-electron chi connectivity index (χ2n) is 4.60. The van der Waals surface area contributed by atoms with Crippen molar-refractivity contribution >= 4 is 63.1 Å². The number of nitrogens with one attached hydrogen (secondary N) is 2. The molecular weight excluding hydrogens is 431 g/mol. The van der Waals surface area contributed by atoms with E-state index in [2.05, 4.69) is 33.2 Å². The van der Waals surface area contributed by atoms with E-state index in [4.69, 9.17) is 23.8 Å². The van der Waals surface area contributed by atoms with Crippen LogP contribution >= 0.6 is 46.4 Å². The molecule has 0 aliphatic heterocycles. The number of amides is 1. The van der Waals surface area contributed by atoms with Crippen molar-refractivity contribution in [3.05, 3.63) is 62.7 Å². The lowest BCUT2D eigenvalue weighted by Crippen LogP contribution is -2.34. The molecule has 0 saturated heterocycles. The summed E-state index contributed by atoms with van der Waals surface area (Å²) in [6.07, 6.45) is 0.913. The van der Waals surface area contributed by atoms with E-state index in [1.807, 2.05) is 48.5 Å². The van der Waals surface area contributed by atoms with Gasteiger partial charge in [0.25, 0.3) is 0 Å². The van der Waals surface area contributed by atoms with Crippen molar-refractivity contribution in [1.82, 2.24) is 5.32 Å². The normalized spacial score (nSPS) is 10.1.